The second-order valence-corrected chi connectivity index (χ2v) is 7.06. The van der Waals surface area contributed by atoms with Gasteiger partial charge in [0.15, 0.2) is 5.65 Å². The van der Waals surface area contributed by atoms with Crippen LogP contribution in [0.1, 0.15) is 18.7 Å². The second-order valence-electron chi connectivity index (χ2n) is 7.06. The highest BCUT2D eigenvalue weighted by Crippen LogP contribution is 2.28. The molecule has 0 N–H and O–H groups in total. The molecule has 0 aromatic carbocycles. The lowest BCUT2D eigenvalue weighted by molar-refractivity contribution is -0.146. The molecule has 10 heteroatoms. The molecule has 1 atom stereocenters. The van der Waals surface area contributed by atoms with Gasteiger partial charge in [-0.05, 0) is 38.6 Å². The number of piperidine rings is 1. The van der Waals surface area contributed by atoms with Crippen molar-refractivity contribution in [3.8, 4) is 0 Å². The fraction of sp³-hybridized carbons (Fsp3) is 0.688. The summed E-state index contributed by atoms with van der Waals surface area (Å²) in [5, 5.41) is 10.9. The van der Waals surface area contributed by atoms with Crippen molar-refractivity contribution in [2.45, 2.75) is 25.1 Å². The molecule has 2 aromatic heterocycles. The minimum absolute atomic E-state index is 0.102. The zero-order chi connectivity index (χ0) is 18.3. The molecule has 4 heterocycles. The molecule has 0 saturated carbocycles. The first-order valence-corrected chi connectivity index (χ1v) is 8.89. The Bertz CT molecular complexity index is 767. The molecule has 4 rings (SSSR count). The van der Waals surface area contributed by atoms with Crippen molar-refractivity contribution in [1.29, 1.82) is 0 Å². The first kappa shape index (κ1) is 17.5. The maximum atomic E-state index is 13.0. The molecule has 7 nitrogen and oxygen atoms in total. The van der Waals surface area contributed by atoms with E-state index in [0.29, 0.717) is 11.9 Å². The Kier molecular flexibility index (Phi) is 4.47. The van der Waals surface area contributed by atoms with E-state index >= 15 is 0 Å². The Labute approximate surface area is 149 Å². The van der Waals surface area contributed by atoms with E-state index in [-0.39, 0.29) is 5.65 Å². The number of alkyl halides is 3. The summed E-state index contributed by atoms with van der Waals surface area (Å²) in [6.07, 6.45) is -2.14. The van der Waals surface area contributed by atoms with Gasteiger partial charge >= 0.3 is 6.18 Å². The van der Waals surface area contributed by atoms with Crippen molar-refractivity contribution in [2.24, 2.45) is 0 Å². The minimum atomic E-state index is -4.57. The number of anilines is 1. The number of aromatic nitrogens is 4. The quantitative estimate of drug-likeness (QED) is 0.797. The summed E-state index contributed by atoms with van der Waals surface area (Å²) in [7, 11) is 2.15. The number of hydrogen-bond donors (Lipinski definition) is 0. The highest BCUT2D eigenvalue weighted by atomic mass is 19.4. The first-order chi connectivity index (χ1) is 12.4. The third-order valence-corrected chi connectivity index (χ3v) is 5.26. The SMILES string of the molecule is CN1CCCC(N2CCN(c3ccc4nnc(C(F)(F)F)n4n3)CC2)C1. The van der Waals surface area contributed by atoms with Crippen molar-refractivity contribution in [1.82, 2.24) is 29.6 Å². The van der Waals surface area contributed by atoms with Crippen LogP contribution < -0.4 is 4.90 Å². The summed E-state index contributed by atoms with van der Waals surface area (Å²) in [5.41, 5.74) is 0.102. The van der Waals surface area contributed by atoms with Crippen molar-refractivity contribution in [3.63, 3.8) is 0 Å². The van der Waals surface area contributed by atoms with Crippen LogP contribution in [0.3, 0.4) is 0 Å². The Balaban J connectivity index is 1.47. The first-order valence-electron chi connectivity index (χ1n) is 8.89. The molecule has 0 amide bonds. The average Bonchev–Trinajstić information content (AvgIpc) is 3.05. The Morgan fingerprint density at radius 2 is 1.81 bits per heavy atom. The van der Waals surface area contributed by atoms with Crippen LogP contribution in [0.5, 0.6) is 0 Å². The van der Waals surface area contributed by atoms with Crippen LogP contribution in [0.15, 0.2) is 12.1 Å². The summed E-state index contributed by atoms with van der Waals surface area (Å²) in [6, 6.07) is 3.82. The van der Waals surface area contributed by atoms with Crippen LogP contribution in [0.25, 0.3) is 5.65 Å². The van der Waals surface area contributed by atoms with E-state index < -0.39 is 12.0 Å². The molecular weight excluding hydrogens is 347 g/mol. The summed E-state index contributed by atoms with van der Waals surface area (Å²) in [6.45, 7) is 5.53. The summed E-state index contributed by atoms with van der Waals surface area (Å²) in [5.74, 6) is -0.554. The Morgan fingerprint density at radius 1 is 1.04 bits per heavy atom. The van der Waals surface area contributed by atoms with Gasteiger partial charge in [-0.1, -0.05) is 0 Å². The molecule has 2 fully saturated rings. The van der Waals surface area contributed by atoms with Gasteiger partial charge in [0.1, 0.15) is 5.82 Å². The van der Waals surface area contributed by atoms with Crippen molar-refractivity contribution in [2.75, 3.05) is 51.2 Å². The number of fused-ring (bicyclic) bond motifs is 1. The minimum Gasteiger partial charge on any atom is -0.353 e. The standard InChI is InChI=1S/C16H22F3N7/c1-23-6-2-3-12(11-23)24-7-9-25(10-8-24)14-5-4-13-20-21-15(16(17,18)19)26(13)22-14/h4-5,12H,2-3,6-11H2,1H3. The van der Waals surface area contributed by atoms with Gasteiger partial charge in [0.25, 0.3) is 5.82 Å². The molecule has 0 bridgehead atoms. The smallest absolute Gasteiger partial charge is 0.353 e. The van der Waals surface area contributed by atoms with Gasteiger partial charge < -0.3 is 9.80 Å². The zero-order valence-electron chi connectivity index (χ0n) is 14.7. The fourth-order valence-electron chi connectivity index (χ4n) is 3.88. The van der Waals surface area contributed by atoms with Gasteiger partial charge in [0.05, 0.1) is 0 Å². The number of rotatable bonds is 2. The molecule has 142 valence electrons. The topological polar surface area (TPSA) is 52.8 Å². The molecule has 2 aliphatic heterocycles. The highest BCUT2D eigenvalue weighted by molar-refractivity contribution is 5.46. The third-order valence-electron chi connectivity index (χ3n) is 5.26. The Hall–Kier alpha value is -1.94. The maximum Gasteiger partial charge on any atom is 0.453 e. The number of nitrogens with zero attached hydrogens (tertiary/aromatic N) is 7. The summed E-state index contributed by atoms with van der Waals surface area (Å²) < 4.78 is 39.9. The lowest BCUT2D eigenvalue weighted by atomic mass is 10.0. The van der Waals surface area contributed by atoms with Crippen LogP contribution >= 0.6 is 0 Å². The van der Waals surface area contributed by atoms with Gasteiger partial charge in [-0.15, -0.1) is 15.3 Å². The van der Waals surface area contributed by atoms with Gasteiger partial charge in [-0.2, -0.15) is 17.7 Å². The molecule has 2 aromatic rings. The molecule has 0 radical (unpaired) electrons. The van der Waals surface area contributed by atoms with E-state index in [1.807, 2.05) is 4.90 Å². The van der Waals surface area contributed by atoms with Crippen molar-refractivity contribution < 1.29 is 13.2 Å². The van der Waals surface area contributed by atoms with Gasteiger partial charge in [-0.25, -0.2) is 0 Å². The molecule has 0 spiro atoms. The van der Waals surface area contributed by atoms with Crippen LogP contribution in [0.2, 0.25) is 0 Å². The van der Waals surface area contributed by atoms with E-state index in [0.717, 1.165) is 43.8 Å². The van der Waals surface area contributed by atoms with Crippen LogP contribution in [0.4, 0.5) is 19.0 Å². The van der Waals surface area contributed by atoms with E-state index in [1.54, 1.807) is 6.07 Å². The number of hydrogen-bond acceptors (Lipinski definition) is 6. The summed E-state index contributed by atoms with van der Waals surface area (Å²) >= 11 is 0. The monoisotopic (exact) mass is 369 g/mol. The molecule has 1 unspecified atom stereocenters. The predicted molar refractivity (Wildman–Crippen MR) is 90.1 cm³/mol. The van der Waals surface area contributed by atoms with Crippen LogP contribution in [-0.2, 0) is 6.18 Å². The summed E-state index contributed by atoms with van der Waals surface area (Å²) in [4.78, 5) is 6.88. The Morgan fingerprint density at radius 3 is 2.50 bits per heavy atom. The average molecular weight is 369 g/mol. The van der Waals surface area contributed by atoms with Crippen LogP contribution in [0, 0.1) is 0 Å². The van der Waals surface area contributed by atoms with E-state index in [1.165, 1.54) is 18.9 Å². The largest absolute Gasteiger partial charge is 0.453 e. The number of likely N-dealkylation sites (N-methyl/N-ethyl adjacent to an activating group) is 1. The molecule has 2 saturated heterocycles. The zero-order valence-corrected chi connectivity index (χ0v) is 14.7. The lowest BCUT2D eigenvalue weighted by Gasteiger charge is -2.42. The molecular formula is C16H22F3N7. The highest BCUT2D eigenvalue weighted by Gasteiger charge is 2.38. The molecule has 26 heavy (non-hydrogen) atoms. The van der Waals surface area contributed by atoms with E-state index in [4.69, 9.17) is 0 Å². The fourth-order valence-corrected chi connectivity index (χ4v) is 3.88. The molecule has 0 aliphatic carbocycles. The van der Waals surface area contributed by atoms with Gasteiger partial charge in [0, 0.05) is 38.8 Å². The second kappa shape index (κ2) is 6.66. The number of piperazine rings is 1. The molecule has 2 aliphatic rings. The van der Waals surface area contributed by atoms with Crippen LogP contribution in [-0.4, -0.2) is 82.0 Å². The number of likely N-dealkylation sites (tertiary alicyclic amines) is 1. The van der Waals surface area contributed by atoms with Crippen molar-refractivity contribution in [3.05, 3.63) is 18.0 Å². The third kappa shape index (κ3) is 3.35. The predicted octanol–water partition coefficient (Wildman–Crippen LogP) is 1.36. The maximum absolute atomic E-state index is 13.0. The lowest BCUT2D eigenvalue weighted by Crippen LogP contribution is -2.54. The van der Waals surface area contributed by atoms with E-state index in [2.05, 4.69) is 32.1 Å². The number of halogens is 3. The van der Waals surface area contributed by atoms with Crippen molar-refractivity contribution >= 4 is 11.5 Å². The van der Waals surface area contributed by atoms with Gasteiger partial charge in [0.2, 0.25) is 0 Å². The van der Waals surface area contributed by atoms with Gasteiger partial charge in [-0.3, -0.25) is 4.90 Å². The normalized spacial score (nSPS) is 23.7. The van der Waals surface area contributed by atoms with E-state index in [9.17, 15) is 13.2 Å².